The molecular weight excluding hydrogens is 468 g/mol. The van der Waals surface area contributed by atoms with E-state index in [-0.39, 0.29) is 16.1 Å². The summed E-state index contributed by atoms with van der Waals surface area (Å²) in [6.45, 7) is 6.33. The molecule has 1 aliphatic heterocycles. The predicted molar refractivity (Wildman–Crippen MR) is 118 cm³/mol. The molecule has 0 atom stereocenters. The van der Waals surface area contributed by atoms with Crippen molar-refractivity contribution in [1.82, 2.24) is 5.32 Å². The number of nitrogens with zero attached hydrogens (tertiary/aromatic N) is 1. The number of halogens is 2. The van der Waals surface area contributed by atoms with Crippen LogP contribution in [0.3, 0.4) is 0 Å². The summed E-state index contributed by atoms with van der Waals surface area (Å²) < 4.78 is 0.959. The number of thiophene rings is 1. The molecule has 8 heteroatoms. The van der Waals surface area contributed by atoms with Gasteiger partial charge in [-0.05, 0) is 70.0 Å². The number of benzene rings is 1. The van der Waals surface area contributed by atoms with Crippen LogP contribution in [-0.2, 0) is 15.0 Å². The molecular formula is C19H16BrClN2O2S2. The molecule has 0 saturated carbocycles. The lowest BCUT2D eigenvalue weighted by atomic mass is 9.95. The number of carbonyl (C=O) groups is 2. The normalized spacial score (nSPS) is 16.9. The minimum absolute atomic E-state index is 0.0350. The van der Waals surface area contributed by atoms with Crippen molar-refractivity contribution in [3.05, 3.63) is 55.2 Å². The van der Waals surface area contributed by atoms with Gasteiger partial charge in [-0.2, -0.15) is 0 Å². The van der Waals surface area contributed by atoms with Crippen LogP contribution >= 0.6 is 51.1 Å². The van der Waals surface area contributed by atoms with E-state index in [1.165, 1.54) is 16.2 Å². The van der Waals surface area contributed by atoms with Gasteiger partial charge in [0.2, 0.25) is 0 Å². The number of carbonyl (C=O) groups excluding carboxylic acids is 2. The Morgan fingerprint density at radius 3 is 2.41 bits per heavy atom. The first-order chi connectivity index (χ1) is 12.6. The summed E-state index contributed by atoms with van der Waals surface area (Å²) in [6.07, 6.45) is 1.60. The molecule has 1 N–H and O–H groups in total. The van der Waals surface area contributed by atoms with Gasteiger partial charge in [-0.15, -0.1) is 11.3 Å². The van der Waals surface area contributed by atoms with Crippen LogP contribution in [0.2, 0.25) is 5.02 Å². The Balaban J connectivity index is 2.01. The van der Waals surface area contributed by atoms with E-state index < -0.39 is 11.8 Å². The molecule has 27 heavy (non-hydrogen) atoms. The van der Waals surface area contributed by atoms with Gasteiger partial charge >= 0.3 is 0 Å². The number of hydrogen-bond acceptors (Lipinski definition) is 4. The fraction of sp³-hybridized carbons (Fsp3) is 0.211. The zero-order valence-electron chi connectivity index (χ0n) is 14.8. The average Bonchev–Trinajstić information content (AvgIpc) is 2.94. The Morgan fingerprint density at radius 1 is 1.22 bits per heavy atom. The summed E-state index contributed by atoms with van der Waals surface area (Å²) in [5.74, 6) is -0.968. The highest BCUT2D eigenvalue weighted by Crippen LogP contribution is 2.38. The minimum atomic E-state index is -0.503. The van der Waals surface area contributed by atoms with Gasteiger partial charge in [0, 0.05) is 19.2 Å². The average molecular weight is 484 g/mol. The van der Waals surface area contributed by atoms with Crippen molar-refractivity contribution in [2.75, 3.05) is 4.90 Å². The molecule has 3 rings (SSSR count). The molecule has 0 spiro atoms. The molecule has 1 aromatic heterocycles. The molecule has 1 saturated heterocycles. The Labute approximate surface area is 180 Å². The van der Waals surface area contributed by atoms with Crippen LogP contribution in [0.1, 0.15) is 30.5 Å². The first-order valence-electron chi connectivity index (χ1n) is 8.05. The summed E-state index contributed by atoms with van der Waals surface area (Å²) in [7, 11) is 0. The van der Waals surface area contributed by atoms with E-state index in [1.807, 2.05) is 6.07 Å². The molecule has 0 bridgehead atoms. The molecule has 0 unspecified atom stereocenters. The molecule has 140 valence electrons. The van der Waals surface area contributed by atoms with E-state index in [0.29, 0.717) is 10.7 Å². The third kappa shape index (κ3) is 4.16. The first-order valence-corrected chi connectivity index (χ1v) is 10.4. The Morgan fingerprint density at radius 2 is 1.85 bits per heavy atom. The molecule has 4 nitrogen and oxygen atoms in total. The van der Waals surface area contributed by atoms with Gasteiger partial charge < -0.3 is 0 Å². The highest BCUT2D eigenvalue weighted by Gasteiger charge is 2.34. The topological polar surface area (TPSA) is 49.4 Å². The van der Waals surface area contributed by atoms with Crippen molar-refractivity contribution < 1.29 is 9.59 Å². The van der Waals surface area contributed by atoms with Crippen LogP contribution in [0.25, 0.3) is 6.08 Å². The van der Waals surface area contributed by atoms with Gasteiger partial charge in [-0.25, -0.2) is 0 Å². The Hall–Kier alpha value is -1.54. The lowest BCUT2D eigenvalue weighted by Gasteiger charge is -2.28. The van der Waals surface area contributed by atoms with Crippen LogP contribution in [0.5, 0.6) is 0 Å². The van der Waals surface area contributed by atoms with Crippen LogP contribution in [-0.4, -0.2) is 16.9 Å². The number of amides is 2. The summed E-state index contributed by atoms with van der Waals surface area (Å²) >= 11 is 16.2. The summed E-state index contributed by atoms with van der Waals surface area (Å²) in [6, 6.07) is 8.61. The summed E-state index contributed by atoms with van der Waals surface area (Å²) in [5, 5.41) is 3.18. The molecule has 0 aliphatic carbocycles. The number of nitrogens with one attached hydrogen (secondary N) is 1. The minimum Gasteiger partial charge on any atom is -0.298 e. The van der Waals surface area contributed by atoms with Crippen LogP contribution in [0.4, 0.5) is 5.69 Å². The molecule has 1 aromatic carbocycles. The molecule has 2 aromatic rings. The smallest absolute Gasteiger partial charge is 0.270 e. The Bertz CT molecular complexity index is 975. The highest BCUT2D eigenvalue weighted by atomic mass is 79.9. The lowest BCUT2D eigenvalue weighted by molar-refractivity contribution is -0.122. The molecule has 2 heterocycles. The molecule has 0 radical (unpaired) electrons. The SMILES string of the molecule is CC(C)(C)c1sc(/C=C2\C(=O)NC(=S)N(c3ccc(Cl)cc3)C2=O)cc1Br. The zero-order chi connectivity index (χ0) is 19.9. The number of anilines is 1. The van der Waals surface area contributed by atoms with Gasteiger partial charge in [-0.1, -0.05) is 32.4 Å². The van der Waals surface area contributed by atoms with Crippen molar-refractivity contribution >= 4 is 79.8 Å². The standard InChI is InChI=1S/C19H16BrClN2O2S2/c1-19(2,3)15-14(20)9-12(27-15)8-13-16(24)22-18(26)23(17(13)25)11-6-4-10(21)5-7-11/h4-9H,1-3H3,(H,22,24,26)/b13-8+. The highest BCUT2D eigenvalue weighted by molar-refractivity contribution is 9.10. The molecule has 1 aliphatic rings. The fourth-order valence-corrected chi connectivity index (χ4v) is 5.29. The van der Waals surface area contributed by atoms with Crippen molar-refractivity contribution in [1.29, 1.82) is 0 Å². The molecule has 1 fully saturated rings. The fourth-order valence-electron chi connectivity index (χ4n) is 2.59. The number of hydrogen-bond donors (Lipinski definition) is 1. The van der Waals surface area contributed by atoms with Crippen molar-refractivity contribution in [2.45, 2.75) is 26.2 Å². The quantitative estimate of drug-likeness (QED) is 0.358. The number of thiocarbonyl (C=S) groups is 1. The van der Waals surface area contributed by atoms with Gasteiger partial charge in [0.25, 0.3) is 11.8 Å². The predicted octanol–water partition coefficient (Wildman–Crippen LogP) is 5.29. The summed E-state index contributed by atoms with van der Waals surface area (Å²) in [5.41, 5.74) is 0.534. The van der Waals surface area contributed by atoms with E-state index >= 15 is 0 Å². The van der Waals surface area contributed by atoms with Crippen molar-refractivity contribution in [2.24, 2.45) is 0 Å². The van der Waals surface area contributed by atoms with Crippen LogP contribution in [0, 0.1) is 0 Å². The second kappa shape index (κ2) is 7.47. The lowest BCUT2D eigenvalue weighted by Crippen LogP contribution is -2.54. The van der Waals surface area contributed by atoms with Crippen molar-refractivity contribution in [3.63, 3.8) is 0 Å². The van der Waals surface area contributed by atoms with Gasteiger partial charge in [-0.3, -0.25) is 19.8 Å². The van der Waals surface area contributed by atoms with E-state index in [2.05, 4.69) is 42.0 Å². The van der Waals surface area contributed by atoms with Gasteiger partial charge in [0.1, 0.15) is 5.57 Å². The van der Waals surface area contributed by atoms with E-state index in [9.17, 15) is 9.59 Å². The number of rotatable bonds is 2. The third-order valence-corrected chi connectivity index (χ3v) is 6.79. The first kappa shape index (κ1) is 20.2. The maximum atomic E-state index is 13.0. The maximum Gasteiger partial charge on any atom is 0.270 e. The second-order valence-corrected chi connectivity index (χ2v) is 9.77. The third-order valence-electron chi connectivity index (χ3n) is 3.86. The zero-order valence-corrected chi connectivity index (χ0v) is 18.8. The van der Waals surface area contributed by atoms with Gasteiger partial charge in [0.15, 0.2) is 5.11 Å². The largest absolute Gasteiger partial charge is 0.298 e. The Kier molecular flexibility index (Phi) is 5.59. The van der Waals surface area contributed by atoms with E-state index in [1.54, 1.807) is 30.3 Å². The molecule has 2 amide bonds. The maximum absolute atomic E-state index is 13.0. The van der Waals surface area contributed by atoms with E-state index in [0.717, 1.165) is 14.2 Å². The second-order valence-electron chi connectivity index (χ2n) is 7.01. The van der Waals surface area contributed by atoms with E-state index in [4.69, 9.17) is 23.8 Å². The van der Waals surface area contributed by atoms with Crippen LogP contribution in [0.15, 0.2) is 40.4 Å². The van der Waals surface area contributed by atoms with Crippen molar-refractivity contribution in [3.8, 4) is 0 Å². The van der Waals surface area contributed by atoms with Crippen LogP contribution < -0.4 is 10.2 Å². The van der Waals surface area contributed by atoms with Gasteiger partial charge in [0.05, 0.1) is 5.69 Å². The summed E-state index contributed by atoms with van der Waals surface area (Å²) in [4.78, 5) is 28.6. The monoisotopic (exact) mass is 482 g/mol.